The van der Waals surface area contributed by atoms with Gasteiger partial charge >= 0.3 is 6.03 Å². The predicted octanol–water partition coefficient (Wildman–Crippen LogP) is 3.00. The number of piperazine rings is 1. The summed E-state index contributed by atoms with van der Waals surface area (Å²) in [4.78, 5) is 19.0. The van der Waals surface area contributed by atoms with Gasteiger partial charge in [0.05, 0.1) is 0 Å². The van der Waals surface area contributed by atoms with Gasteiger partial charge in [0.15, 0.2) is 0 Å². The van der Waals surface area contributed by atoms with Gasteiger partial charge in [0.2, 0.25) is 0 Å². The molecule has 2 heterocycles. The third-order valence-electron chi connectivity index (χ3n) is 5.25. The Morgan fingerprint density at radius 3 is 2.48 bits per heavy atom. The molecule has 27 heavy (non-hydrogen) atoms. The highest BCUT2D eigenvalue weighted by atomic mass is 19.1. The first-order valence-electron chi connectivity index (χ1n) is 9.46. The van der Waals surface area contributed by atoms with Gasteiger partial charge in [0.1, 0.15) is 18.2 Å². The van der Waals surface area contributed by atoms with Gasteiger partial charge in [0.25, 0.3) is 0 Å². The Labute approximate surface area is 158 Å². The van der Waals surface area contributed by atoms with Gasteiger partial charge in [-0.3, -0.25) is 9.80 Å². The van der Waals surface area contributed by atoms with E-state index in [-0.39, 0.29) is 11.8 Å². The van der Waals surface area contributed by atoms with Crippen molar-refractivity contribution in [1.82, 2.24) is 9.80 Å². The van der Waals surface area contributed by atoms with E-state index in [2.05, 4.69) is 11.0 Å². The molecule has 1 fully saturated rings. The van der Waals surface area contributed by atoms with Crippen LogP contribution in [0.4, 0.5) is 14.9 Å². The number of hydrogen-bond acceptors (Lipinski definition) is 3. The molecular weight excluding hydrogens is 345 g/mol. The first kappa shape index (κ1) is 17.8. The quantitative estimate of drug-likeness (QED) is 0.831. The summed E-state index contributed by atoms with van der Waals surface area (Å²) in [6.45, 7) is 5.26. The number of benzene rings is 2. The van der Waals surface area contributed by atoms with Crippen LogP contribution in [0.25, 0.3) is 0 Å². The molecule has 2 aromatic carbocycles. The van der Waals surface area contributed by atoms with E-state index >= 15 is 0 Å². The summed E-state index contributed by atoms with van der Waals surface area (Å²) in [6, 6.07) is 14.3. The normalized spacial score (nSPS) is 17.1. The molecule has 0 radical (unpaired) electrons. The molecule has 2 amide bonds. The second-order valence-electron chi connectivity index (χ2n) is 6.94. The van der Waals surface area contributed by atoms with Crippen LogP contribution in [0.5, 0.6) is 5.75 Å². The topological polar surface area (TPSA) is 36.0 Å². The predicted molar refractivity (Wildman–Crippen MR) is 103 cm³/mol. The minimum atomic E-state index is -0.260. The zero-order chi connectivity index (χ0) is 18.6. The molecule has 0 aromatic heterocycles. The number of nitrogens with zero attached hydrogens (tertiary/aromatic N) is 3. The second kappa shape index (κ2) is 7.96. The Bertz CT molecular complexity index is 788. The lowest BCUT2D eigenvalue weighted by molar-refractivity contribution is 0.129. The van der Waals surface area contributed by atoms with E-state index in [4.69, 9.17) is 4.74 Å². The zero-order valence-electron chi connectivity index (χ0n) is 15.3. The standard InChI is InChI=1S/C21H24FN3O2/c22-18-5-7-19(8-6-18)27-16-15-23-11-13-24(14-12-23)21(26)25-10-9-17-3-1-2-4-20(17)25/h1-8H,9-16H2. The van der Waals surface area contributed by atoms with Crippen LogP contribution in [-0.2, 0) is 6.42 Å². The van der Waals surface area contributed by atoms with Crippen molar-refractivity contribution in [3.8, 4) is 5.75 Å². The monoisotopic (exact) mass is 369 g/mol. The maximum Gasteiger partial charge on any atom is 0.324 e. The first-order valence-corrected chi connectivity index (χ1v) is 9.46. The summed E-state index contributed by atoms with van der Waals surface area (Å²) in [5, 5.41) is 0. The number of carbonyl (C=O) groups excluding carboxylic acids is 1. The van der Waals surface area contributed by atoms with E-state index in [9.17, 15) is 9.18 Å². The van der Waals surface area contributed by atoms with Crippen LogP contribution >= 0.6 is 0 Å². The van der Waals surface area contributed by atoms with Gasteiger partial charge in [-0.25, -0.2) is 9.18 Å². The number of ether oxygens (including phenoxy) is 1. The third kappa shape index (κ3) is 4.06. The molecule has 4 rings (SSSR count). The Morgan fingerprint density at radius 2 is 1.70 bits per heavy atom. The largest absolute Gasteiger partial charge is 0.492 e. The van der Waals surface area contributed by atoms with Crippen LogP contribution in [0.3, 0.4) is 0 Å². The summed E-state index contributed by atoms with van der Waals surface area (Å²) in [5.74, 6) is 0.418. The van der Waals surface area contributed by atoms with Crippen molar-refractivity contribution >= 4 is 11.7 Å². The van der Waals surface area contributed by atoms with Crippen LogP contribution in [0, 0.1) is 5.82 Å². The highest BCUT2D eigenvalue weighted by Gasteiger charge is 2.29. The van der Waals surface area contributed by atoms with Gasteiger partial charge in [-0.15, -0.1) is 0 Å². The Kier molecular flexibility index (Phi) is 5.25. The molecule has 0 N–H and O–H groups in total. The number of amides is 2. The molecule has 5 nitrogen and oxygen atoms in total. The van der Waals surface area contributed by atoms with E-state index in [1.807, 2.05) is 28.0 Å². The van der Waals surface area contributed by atoms with Crippen molar-refractivity contribution in [2.45, 2.75) is 6.42 Å². The smallest absolute Gasteiger partial charge is 0.324 e. The first-order chi connectivity index (χ1) is 13.2. The lowest BCUT2D eigenvalue weighted by Crippen LogP contribution is -2.53. The summed E-state index contributed by atoms with van der Waals surface area (Å²) in [7, 11) is 0. The number of rotatable bonds is 4. The van der Waals surface area contributed by atoms with Gasteiger partial charge in [-0.05, 0) is 42.3 Å². The van der Waals surface area contributed by atoms with Crippen LogP contribution in [0.1, 0.15) is 5.56 Å². The maximum atomic E-state index is 12.9. The lowest BCUT2D eigenvalue weighted by Gasteiger charge is -2.36. The average Bonchev–Trinajstić information content (AvgIpc) is 3.14. The molecule has 0 unspecified atom stereocenters. The summed E-state index contributed by atoms with van der Waals surface area (Å²) in [6.07, 6.45) is 0.933. The Balaban J connectivity index is 1.23. The zero-order valence-corrected chi connectivity index (χ0v) is 15.3. The molecule has 2 aliphatic heterocycles. The van der Waals surface area contributed by atoms with Crippen LogP contribution in [0.2, 0.25) is 0 Å². The van der Waals surface area contributed by atoms with Crippen molar-refractivity contribution in [3.63, 3.8) is 0 Å². The third-order valence-corrected chi connectivity index (χ3v) is 5.25. The lowest BCUT2D eigenvalue weighted by atomic mass is 10.2. The minimum Gasteiger partial charge on any atom is -0.492 e. The molecule has 6 heteroatoms. The van der Waals surface area contributed by atoms with E-state index in [0.29, 0.717) is 12.4 Å². The SMILES string of the molecule is O=C(N1CCN(CCOc2ccc(F)cc2)CC1)N1CCc2ccccc21. The van der Waals surface area contributed by atoms with Crippen molar-refractivity contribution in [2.24, 2.45) is 0 Å². The molecule has 2 aromatic rings. The van der Waals surface area contributed by atoms with E-state index in [1.165, 1.54) is 17.7 Å². The fourth-order valence-electron chi connectivity index (χ4n) is 3.69. The number of urea groups is 1. The van der Waals surface area contributed by atoms with Crippen molar-refractivity contribution in [1.29, 1.82) is 0 Å². The van der Waals surface area contributed by atoms with Gasteiger partial charge in [-0.1, -0.05) is 18.2 Å². The summed E-state index contributed by atoms with van der Waals surface area (Å²) >= 11 is 0. The second-order valence-corrected chi connectivity index (χ2v) is 6.94. The van der Waals surface area contributed by atoms with Crippen LogP contribution in [-0.4, -0.2) is 61.7 Å². The minimum absolute atomic E-state index is 0.113. The molecular formula is C21H24FN3O2. The fourth-order valence-corrected chi connectivity index (χ4v) is 3.69. The summed E-state index contributed by atoms with van der Waals surface area (Å²) in [5.41, 5.74) is 2.31. The molecule has 0 atom stereocenters. The molecule has 1 saturated heterocycles. The van der Waals surface area contributed by atoms with Crippen LogP contribution in [0.15, 0.2) is 48.5 Å². The molecule has 142 valence electrons. The highest BCUT2D eigenvalue weighted by molar-refractivity contribution is 5.94. The van der Waals surface area contributed by atoms with Crippen molar-refractivity contribution in [3.05, 3.63) is 59.9 Å². The number of halogens is 1. The van der Waals surface area contributed by atoms with Crippen LogP contribution < -0.4 is 9.64 Å². The molecule has 0 aliphatic carbocycles. The highest BCUT2D eigenvalue weighted by Crippen LogP contribution is 2.28. The number of anilines is 1. The fraction of sp³-hybridized carbons (Fsp3) is 0.381. The molecule has 0 spiro atoms. The van der Waals surface area contributed by atoms with E-state index in [1.54, 1.807) is 12.1 Å². The number of hydrogen-bond donors (Lipinski definition) is 0. The van der Waals surface area contributed by atoms with Gasteiger partial charge in [-0.2, -0.15) is 0 Å². The van der Waals surface area contributed by atoms with Crippen molar-refractivity contribution < 1.29 is 13.9 Å². The van der Waals surface area contributed by atoms with Crippen molar-refractivity contribution in [2.75, 3.05) is 50.8 Å². The molecule has 0 saturated carbocycles. The Morgan fingerprint density at radius 1 is 0.963 bits per heavy atom. The summed E-state index contributed by atoms with van der Waals surface area (Å²) < 4.78 is 18.6. The average molecular weight is 369 g/mol. The molecule has 0 bridgehead atoms. The number of carbonyl (C=O) groups is 1. The van der Waals surface area contributed by atoms with E-state index < -0.39 is 0 Å². The van der Waals surface area contributed by atoms with Gasteiger partial charge in [0, 0.05) is 45.0 Å². The molecule has 2 aliphatic rings. The number of para-hydroxylation sites is 1. The maximum absolute atomic E-state index is 12.9. The Hall–Kier alpha value is -2.60. The van der Waals surface area contributed by atoms with Gasteiger partial charge < -0.3 is 9.64 Å². The number of fused-ring (bicyclic) bond motifs is 1. The van der Waals surface area contributed by atoms with E-state index in [0.717, 1.165) is 51.4 Å².